The van der Waals surface area contributed by atoms with Crippen molar-refractivity contribution in [1.82, 2.24) is 10.6 Å². The quantitative estimate of drug-likeness (QED) is 0.833. The van der Waals surface area contributed by atoms with E-state index < -0.39 is 6.23 Å². The zero-order valence-corrected chi connectivity index (χ0v) is 11.7. The summed E-state index contributed by atoms with van der Waals surface area (Å²) in [5.41, 5.74) is 0. The Morgan fingerprint density at radius 3 is 2.75 bits per heavy atom. The Balaban J connectivity index is 1.74. The Bertz CT molecular complexity index is 540. The van der Waals surface area contributed by atoms with Gasteiger partial charge in [0.05, 0.1) is 12.8 Å². The molecule has 0 aliphatic carbocycles. The largest absolute Gasteiger partial charge is 0.471 e. The van der Waals surface area contributed by atoms with Crippen LogP contribution in [0.25, 0.3) is 0 Å². The Labute approximate surface area is 121 Å². The highest BCUT2D eigenvalue weighted by molar-refractivity contribution is 6.30. The molecule has 0 saturated carbocycles. The zero-order valence-electron chi connectivity index (χ0n) is 10.9. The number of rotatable bonds is 5. The van der Waals surface area contributed by atoms with Crippen LogP contribution in [0.1, 0.15) is 12.7 Å². The first kappa shape index (κ1) is 14.3. The van der Waals surface area contributed by atoms with E-state index in [0.717, 1.165) is 0 Å². The molecule has 2 amide bonds. The van der Waals surface area contributed by atoms with Gasteiger partial charge < -0.3 is 19.8 Å². The van der Waals surface area contributed by atoms with Crippen molar-refractivity contribution in [2.75, 3.05) is 0 Å². The number of benzene rings is 1. The summed E-state index contributed by atoms with van der Waals surface area (Å²) in [6.07, 6.45) is 1.09. The van der Waals surface area contributed by atoms with E-state index in [1.165, 1.54) is 0 Å². The van der Waals surface area contributed by atoms with Gasteiger partial charge in [0, 0.05) is 5.02 Å². The molecule has 0 radical (unpaired) electrons. The van der Waals surface area contributed by atoms with Crippen molar-refractivity contribution < 1.29 is 13.9 Å². The Morgan fingerprint density at radius 2 is 2.10 bits per heavy atom. The fourth-order valence-electron chi connectivity index (χ4n) is 1.56. The number of urea groups is 1. The van der Waals surface area contributed by atoms with Crippen LogP contribution in [0, 0.1) is 0 Å². The maximum Gasteiger partial charge on any atom is 0.317 e. The van der Waals surface area contributed by atoms with Crippen molar-refractivity contribution in [2.45, 2.75) is 19.7 Å². The predicted molar refractivity (Wildman–Crippen MR) is 75.6 cm³/mol. The molecule has 2 rings (SSSR count). The standard InChI is InChI=1S/C14H15ClN2O3/c1-10(20-12-6-4-11(15)5-7-12)17-14(18)16-9-13-3-2-8-19-13/h2-8,10H,9H2,1H3,(H2,16,17,18). The number of halogens is 1. The fraction of sp³-hybridized carbons (Fsp3) is 0.214. The SMILES string of the molecule is CC(NC(=O)NCc1ccco1)Oc1ccc(Cl)cc1. The molecule has 1 aromatic carbocycles. The van der Waals surface area contributed by atoms with Gasteiger partial charge >= 0.3 is 6.03 Å². The van der Waals surface area contributed by atoms with Crippen molar-refractivity contribution in [2.24, 2.45) is 0 Å². The minimum atomic E-state index is -0.465. The Hall–Kier alpha value is -2.14. The number of carbonyl (C=O) groups excluding carboxylic acids is 1. The van der Waals surface area contributed by atoms with Gasteiger partial charge in [0.1, 0.15) is 11.5 Å². The average Bonchev–Trinajstić information content (AvgIpc) is 2.92. The lowest BCUT2D eigenvalue weighted by atomic mass is 10.3. The first-order chi connectivity index (χ1) is 9.63. The first-order valence-corrected chi connectivity index (χ1v) is 6.50. The van der Waals surface area contributed by atoms with E-state index in [-0.39, 0.29) is 6.03 Å². The molecule has 0 aliphatic heterocycles. The molecule has 1 heterocycles. The number of ether oxygens (including phenoxy) is 1. The molecule has 0 fully saturated rings. The van der Waals surface area contributed by atoms with Gasteiger partial charge in [-0.25, -0.2) is 4.79 Å². The monoisotopic (exact) mass is 294 g/mol. The molecule has 6 heteroatoms. The van der Waals surface area contributed by atoms with E-state index >= 15 is 0 Å². The zero-order chi connectivity index (χ0) is 14.4. The lowest BCUT2D eigenvalue weighted by molar-refractivity contribution is 0.176. The number of nitrogens with one attached hydrogen (secondary N) is 2. The van der Waals surface area contributed by atoms with Gasteiger partial charge in [-0.15, -0.1) is 0 Å². The van der Waals surface area contributed by atoms with Crippen LogP contribution in [0.15, 0.2) is 47.1 Å². The molecule has 2 aromatic rings. The molecular formula is C14H15ClN2O3. The van der Waals surface area contributed by atoms with E-state index in [9.17, 15) is 4.79 Å². The van der Waals surface area contributed by atoms with E-state index in [1.54, 1.807) is 49.6 Å². The Morgan fingerprint density at radius 1 is 1.35 bits per heavy atom. The molecule has 1 atom stereocenters. The molecule has 106 valence electrons. The van der Waals surface area contributed by atoms with E-state index in [2.05, 4.69) is 10.6 Å². The van der Waals surface area contributed by atoms with Crippen molar-refractivity contribution in [3.8, 4) is 5.75 Å². The minimum absolute atomic E-state index is 0.326. The van der Waals surface area contributed by atoms with Gasteiger partial charge in [-0.3, -0.25) is 0 Å². The highest BCUT2D eigenvalue weighted by atomic mass is 35.5. The third-order valence-electron chi connectivity index (χ3n) is 2.46. The minimum Gasteiger partial charge on any atom is -0.471 e. The summed E-state index contributed by atoms with van der Waals surface area (Å²) < 4.78 is 10.6. The van der Waals surface area contributed by atoms with Gasteiger partial charge in [-0.05, 0) is 43.3 Å². The smallest absolute Gasteiger partial charge is 0.317 e. The van der Waals surface area contributed by atoms with Gasteiger partial charge in [-0.1, -0.05) is 11.6 Å². The van der Waals surface area contributed by atoms with Crippen molar-refractivity contribution in [3.05, 3.63) is 53.4 Å². The highest BCUT2D eigenvalue weighted by Gasteiger charge is 2.08. The van der Waals surface area contributed by atoms with Gasteiger partial charge in [0.2, 0.25) is 0 Å². The van der Waals surface area contributed by atoms with Crippen LogP contribution in [0.4, 0.5) is 4.79 Å². The second-order valence-corrected chi connectivity index (χ2v) is 4.56. The number of amides is 2. The van der Waals surface area contributed by atoms with Crippen LogP contribution in [0.2, 0.25) is 5.02 Å². The molecule has 2 N–H and O–H groups in total. The number of furan rings is 1. The van der Waals surface area contributed by atoms with Crippen LogP contribution >= 0.6 is 11.6 Å². The number of hydrogen-bond donors (Lipinski definition) is 2. The molecule has 20 heavy (non-hydrogen) atoms. The molecule has 0 aliphatic rings. The van der Waals surface area contributed by atoms with Crippen LogP contribution in [-0.4, -0.2) is 12.3 Å². The summed E-state index contributed by atoms with van der Waals surface area (Å²) in [7, 11) is 0. The third kappa shape index (κ3) is 4.51. The van der Waals surface area contributed by atoms with Crippen LogP contribution in [-0.2, 0) is 6.54 Å². The maximum absolute atomic E-state index is 11.6. The summed E-state index contributed by atoms with van der Waals surface area (Å²) in [6, 6.07) is 10.1. The topological polar surface area (TPSA) is 63.5 Å². The molecule has 1 aromatic heterocycles. The molecule has 5 nitrogen and oxygen atoms in total. The summed E-state index contributed by atoms with van der Waals surface area (Å²) >= 11 is 5.78. The van der Waals surface area contributed by atoms with E-state index in [1.807, 2.05) is 0 Å². The molecule has 0 saturated heterocycles. The second kappa shape index (κ2) is 6.86. The van der Waals surface area contributed by atoms with Crippen molar-refractivity contribution in [3.63, 3.8) is 0 Å². The molecule has 0 spiro atoms. The number of hydrogen-bond acceptors (Lipinski definition) is 3. The summed E-state index contributed by atoms with van der Waals surface area (Å²) in [5.74, 6) is 1.32. The highest BCUT2D eigenvalue weighted by Crippen LogP contribution is 2.16. The van der Waals surface area contributed by atoms with Crippen LogP contribution < -0.4 is 15.4 Å². The maximum atomic E-state index is 11.6. The predicted octanol–water partition coefficient (Wildman–Crippen LogP) is 3.16. The number of carbonyl (C=O) groups is 1. The summed E-state index contributed by atoms with van der Waals surface area (Å²) in [6.45, 7) is 2.06. The molecule has 0 bridgehead atoms. The van der Waals surface area contributed by atoms with Crippen LogP contribution in [0.5, 0.6) is 5.75 Å². The van der Waals surface area contributed by atoms with Gasteiger partial charge in [0.15, 0.2) is 6.23 Å². The van der Waals surface area contributed by atoms with Gasteiger partial charge in [0.25, 0.3) is 0 Å². The van der Waals surface area contributed by atoms with Crippen LogP contribution in [0.3, 0.4) is 0 Å². The molecular weight excluding hydrogens is 280 g/mol. The van der Waals surface area contributed by atoms with E-state index in [4.69, 9.17) is 20.8 Å². The fourth-order valence-corrected chi connectivity index (χ4v) is 1.69. The summed E-state index contributed by atoms with van der Waals surface area (Å²) in [4.78, 5) is 11.6. The van der Waals surface area contributed by atoms with E-state index in [0.29, 0.717) is 23.1 Å². The van der Waals surface area contributed by atoms with Gasteiger partial charge in [-0.2, -0.15) is 0 Å². The lowest BCUT2D eigenvalue weighted by Crippen LogP contribution is -2.42. The van der Waals surface area contributed by atoms with Crippen molar-refractivity contribution in [1.29, 1.82) is 0 Å². The third-order valence-corrected chi connectivity index (χ3v) is 2.72. The van der Waals surface area contributed by atoms with Crippen molar-refractivity contribution >= 4 is 17.6 Å². The lowest BCUT2D eigenvalue weighted by Gasteiger charge is -2.16. The average molecular weight is 295 g/mol. The normalized spacial score (nSPS) is 11.7. The summed E-state index contributed by atoms with van der Waals surface area (Å²) in [5, 5.41) is 5.96. The molecule has 1 unspecified atom stereocenters. The Kier molecular flexibility index (Phi) is 4.90. The second-order valence-electron chi connectivity index (χ2n) is 4.12. The first-order valence-electron chi connectivity index (χ1n) is 6.12.